The molecule has 23 heavy (non-hydrogen) atoms. The van der Waals surface area contributed by atoms with Gasteiger partial charge in [0.1, 0.15) is 0 Å². The molecular formula is C17H23NO5. The predicted molar refractivity (Wildman–Crippen MR) is 84.2 cm³/mol. The van der Waals surface area contributed by atoms with Crippen molar-refractivity contribution >= 4 is 5.91 Å². The molecule has 6 nitrogen and oxygen atoms in total. The van der Waals surface area contributed by atoms with Crippen LogP contribution in [0.1, 0.15) is 36.5 Å². The average Bonchev–Trinajstić information content (AvgIpc) is 3.30. The lowest BCUT2D eigenvalue weighted by Crippen LogP contribution is -2.52. The van der Waals surface area contributed by atoms with Crippen molar-refractivity contribution in [2.24, 2.45) is 5.92 Å². The van der Waals surface area contributed by atoms with Crippen LogP contribution in [0.3, 0.4) is 0 Å². The van der Waals surface area contributed by atoms with Crippen LogP contribution in [0.2, 0.25) is 0 Å². The number of methoxy groups -OCH3 is 2. The fraction of sp³-hybridized carbons (Fsp3) is 0.588. The van der Waals surface area contributed by atoms with Crippen LogP contribution in [0, 0.1) is 5.92 Å². The molecule has 6 heteroatoms. The molecule has 1 saturated carbocycles. The third-order valence-electron chi connectivity index (χ3n) is 4.74. The molecule has 1 aliphatic carbocycles. The second-order valence-electron chi connectivity index (χ2n) is 6.48. The zero-order valence-corrected chi connectivity index (χ0v) is 13.7. The van der Waals surface area contributed by atoms with E-state index in [1.165, 1.54) is 26.4 Å². The smallest absolute Gasteiger partial charge is 0.252 e. The number of rotatable bonds is 5. The first kappa shape index (κ1) is 15.9. The van der Waals surface area contributed by atoms with Gasteiger partial charge in [-0.3, -0.25) is 4.79 Å². The Balaban J connectivity index is 1.83. The van der Waals surface area contributed by atoms with Crippen molar-refractivity contribution in [1.29, 1.82) is 0 Å². The zero-order chi connectivity index (χ0) is 16.6. The third kappa shape index (κ3) is 2.95. The molecule has 2 aliphatic rings. The summed E-state index contributed by atoms with van der Waals surface area (Å²) < 4.78 is 16.1. The maximum absolute atomic E-state index is 12.7. The Morgan fingerprint density at radius 3 is 2.43 bits per heavy atom. The molecule has 0 spiro atoms. The summed E-state index contributed by atoms with van der Waals surface area (Å²) in [7, 11) is 2.87. The number of ether oxygens (including phenoxy) is 3. The molecule has 2 atom stereocenters. The number of benzene rings is 1. The lowest BCUT2D eigenvalue weighted by Gasteiger charge is -2.31. The van der Waals surface area contributed by atoms with Crippen LogP contribution in [-0.4, -0.2) is 43.5 Å². The van der Waals surface area contributed by atoms with E-state index in [9.17, 15) is 9.90 Å². The van der Waals surface area contributed by atoms with E-state index >= 15 is 0 Å². The molecule has 1 aromatic carbocycles. The molecule has 2 N–H and O–H groups in total. The van der Waals surface area contributed by atoms with Gasteiger partial charge in [0.2, 0.25) is 5.75 Å². The molecule has 2 fully saturated rings. The maximum Gasteiger partial charge on any atom is 0.252 e. The lowest BCUT2D eigenvalue weighted by atomic mass is 9.90. The normalized spacial score (nSPS) is 26.8. The molecular weight excluding hydrogens is 298 g/mol. The minimum absolute atomic E-state index is 0.0763. The van der Waals surface area contributed by atoms with Crippen molar-refractivity contribution in [2.45, 2.75) is 37.8 Å². The van der Waals surface area contributed by atoms with Gasteiger partial charge in [-0.25, -0.2) is 0 Å². The summed E-state index contributed by atoms with van der Waals surface area (Å²) in [6.07, 6.45) is 3.20. The lowest BCUT2D eigenvalue weighted by molar-refractivity contribution is 0.0514. The van der Waals surface area contributed by atoms with Crippen LogP contribution in [0.15, 0.2) is 12.1 Å². The summed E-state index contributed by atoms with van der Waals surface area (Å²) in [6, 6.07) is 3.02. The van der Waals surface area contributed by atoms with Gasteiger partial charge in [-0.05, 0) is 44.2 Å². The number of aromatic hydroxyl groups is 1. The van der Waals surface area contributed by atoms with E-state index in [0.29, 0.717) is 18.1 Å². The summed E-state index contributed by atoms with van der Waals surface area (Å²) in [5.74, 6) is 0.631. The highest BCUT2D eigenvalue weighted by Gasteiger charge is 2.49. The molecule has 0 aromatic heterocycles. The van der Waals surface area contributed by atoms with E-state index in [-0.39, 0.29) is 34.8 Å². The standard InChI is InChI=1S/C17H23NO5/c1-17(6-7-23-15(17)10-4-5-10)18-16(20)11-8-12(21-2)14(19)13(9-11)22-3/h8-10,15,19H,4-7H2,1-3H3,(H,18,20)/t15-,17+/m1/s1. The minimum Gasteiger partial charge on any atom is -0.502 e. The van der Waals surface area contributed by atoms with Gasteiger partial charge in [0, 0.05) is 12.2 Å². The van der Waals surface area contributed by atoms with Gasteiger partial charge in [0.15, 0.2) is 11.5 Å². The molecule has 1 aromatic rings. The average molecular weight is 321 g/mol. The largest absolute Gasteiger partial charge is 0.502 e. The Kier molecular flexibility index (Phi) is 4.10. The van der Waals surface area contributed by atoms with Gasteiger partial charge in [-0.1, -0.05) is 0 Å². The first-order chi connectivity index (χ1) is 11.0. The van der Waals surface area contributed by atoms with Crippen molar-refractivity contribution in [3.63, 3.8) is 0 Å². The Bertz CT molecular complexity index is 588. The molecule has 1 amide bonds. The highest BCUT2D eigenvalue weighted by Crippen LogP contribution is 2.43. The first-order valence-electron chi connectivity index (χ1n) is 7.87. The Morgan fingerprint density at radius 2 is 1.91 bits per heavy atom. The van der Waals surface area contributed by atoms with Crippen molar-refractivity contribution in [3.05, 3.63) is 17.7 Å². The number of phenols is 1. The minimum atomic E-state index is -0.364. The van der Waals surface area contributed by atoms with Gasteiger partial charge in [-0.2, -0.15) is 0 Å². The zero-order valence-electron chi connectivity index (χ0n) is 13.7. The number of hydrogen-bond acceptors (Lipinski definition) is 5. The van der Waals surface area contributed by atoms with Gasteiger partial charge < -0.3 is 24.6 Å². The second kappa shape index (κ2) is 5.92. The van der Waals surface area contributed by atoms with Crippen LogP contribution < -0.4 is 14.8 Å². The van der Waals surface area contributed by atoms with Crippen LogP contribution in [0.4, 0.5) is 0 Å². The van der Waals surface area contributed by atoms with Gasteiger partial charge in [0.25, 0.3) is 5.91 Å². The molecule has 0 unspecified atom stereocenters. The predicted octanol–water partition coefficient (Wildman–Crippen LogP) is 2.10. The SMILES string of the molecule is COc1cc(C(=O)N[C@@]2(C)CCO[C@@H]2C2CC2)cc(OC)c1O. The van der Waals surface area contributed by atoms with Crippen LogP contribution in [0.5, 0.6) is 17.2 Å². The molecule has 1 heterocycles. The summed E-state index contributed by atoms with van der Waals surface area (Å²) in [5, 5.41) is 13.1. The van der Waals surface area contributed by atoms with E-state index in [0.717, 1.165) is 19.3 Å². The Morgan fingerprint density at radius 1 is 1.30 bits per heavy atom. The summed E-state index contributed by atoms with van der Waals surface area (Å²) in [5.41, 5.74) is 0.0236. The number of hydrogen-bond donors (Lipinski definition) is 2. The van der Waals surface area contributed by atoms with E-state index in [1.807, 2.05) is 6.92 Å². The first-order valence-corrected chi connectivity index (χ1v) is 7.87. The number of phenolic OH excluding ortho intramolecular Hbond substituents is 1. The second-order valence-corrected chi connectivity index (χ2v) is 6.48. The molecule has 3 rings (SSSR count). The number of carbonyl (C=O) groups excluding carboxylic acids is 1. The van der Waals surface area contributed by atoms with E-state index in [2.05, 4.69) is 5.32 Å². The van der Waals surface area contributed by atoms with E-state index in [1.54, 1.807) is 0 Å². The fourth-order valence-corrected chi connectivity index (χ4v) is 3.27. The van der Waals surface area contributed by atoms with Gasteiger partial charge in [0.05, 0.1) is 25.9 Å². The van der Waals surface area contributed by atoms with Gasteiger partial charge in [-0.15, -0.1) is 0 Å². The quantitative estimate of drug-likeness (QED) is 0.868. The topological polar surface area (TPSA) is 77.0 Å². The molecule has 0 radical (unpaired) electrons. The maximum atomic E-state index is 12.7. The number of nitrogens with one attached hydrogen (secondary N) is 1. The van der Waals surface area contributed by atoms with Crippen LogP contribution >= 0.6 is 0 Å². The van der Waals surface area contributed by atoms with Crippen molar-refractivity contribution in [3.8, 4) is 17.2 Å². The molecule has 1 aliphatic heterocycles. The summed E-state index contributed by atoms with van der Waals surface area (Å²) in [6.45, 7) is 2.70. The van der Waals surface area contributed by atoms with Crippen LogP contribution in [0.25, 0.3) is 0 Å². The third-order valence-corrected chi connectivity index (χ3v) is 4.74. The molecule has 126 valence electrons. The monoisotopic (exact) mass is 321 g/mol. The molecule has 1 saturated heterocycles. The highest BCUT2D eigenvalue weighted by atomic mass is 16.5. The van der Waals surface area contributed by atoms with Crippen molar-refractivity contribution in [2.75, 3.05) is 20.8 Å². The number of amides is 1. The molecule has 0 bridgehead atoms. The number of carbonyl (C=O) groups is 1. The van der Waals surface area contributed by atoms with Crippen LogP contribution in [-0.2, 0) is 4.74 Å². The van der Waals surface area contributed by atoms with Crippen molar-refractivity contribution < 1.29 is 24.1 Å². The summed E-state index contributed by atoms with van der Waals surface area (Å²) in [4.78, 5) is 12.7. The fourth-order valence-electron chi connectivity index (χ4n) is 3.27. The Hall–Kier alpha value is -1.95. The van der Waals surface area contributed by atoms with E-state index in [4.69, 9.17) is 14.2 Å². The Labute approximate surface area is 135 Å². The van der Waals surface area contributed by atoms with Crippen molar-refractivity contribution in [1.82, 2.24) is 5.32 Å². The summed E-state index contributed by atoms with van der Waals surface area (Å²) >= 11 is 0. The highest BCUT2D eigenvalue weighted by molar-refractivity contribution is 5.96. The van der Waals surface area contributed by atoms with Gasteiger partial charge >= 0.3 is 0 Å². The van der Waals surface area contributed by atoms with E-state index < -0.39 is 0 Å².